The number of nitrogens with two attached hydrogens (primary N) is 2. The second-order valence-corrected chi connectivity index (χ2v) is 13.0. The summed E-state index contributed by atoms with van der Waals surface area (Å²) in [5.41, 5.74) is 12.4. The Morgan fingerprint density at radius 1 is 0.839 bits per heavy atom. The van der Waals surface area contributed by atoms with Gasteiger partial charge < -0.3 is 47.8 Å². The van der Waals surface area contributed by atoms with Crippen molar-refractivity contribution in [2.24, 2.45) is 16.5 Å². The predicted octanol–water partition coefficient (Wildman–Crippen LogP) is 0.315. The van der Waals surface area contributed by atoms with Crippen LogP contribution in [0, 0.1) is 0 Å². The second-order valence-electron chi connectivity index (χ2n) is 13.0. The van der Waals surface area contributed by atoms with E-state index in [1.165, 1.54) is 4.90 Å². The highest BCUT2D eigenvalue weighted by molar-refractivity contribution is 5.97. The molecule has 5 atom stereocenters. The van der Waals surface area contributed by atoms with Crippen LogP contribution < -0.4 is 32.7 Å². The van der Waals surface area contributed by atoms with Gasteiger partial charge in [0, 0.05) is 19.1 Å². The van der Waals surface area contributed by atoms with E-state index in [4.69, 9.17) is 21.4 Å². The molecule has 2 aliphatic rings. The number of aliphatic carboxylic acids is 2. The lowest BCUT2D eigenvalue weighted by atomic mass is 9.97. The maximum atomic E-state index is 13.7. The van der Waals surface area contributed by atoms with Crippen molar-refractivity contribution in [1.82, 2.24) is 26.2 Å². The van der Waals surface area contributed by atoms with Crippen LogP contribution in [0.15, 0.2) is 65.7 Å². The van der Waals surface area contributed by atoms with Gasteiger partial charge in [-0.25, -0.2) is 4.79 Å². The number of hydrogen-bond acceptors (Lipinski definition) is 8. The van der Waals surface area contributed by atoms with E-state index in [1.54, 1.807) is 24.3 Å². The van der Waals surface area contributed by atoms with Crippen molar-refractivity contribution >= 4 is 47.4 Å². The van der Waals surface area contributed by atoms with Crippen LogP contribution in [0.4, 0.5) is 13.2 Å². The third-order valence-electron chi connectivity index (χ3n) is 8.83. The van der Waals surface area contributed by atoms with Gasteiger partial charge in [-0.2, -0.15) is 13.2 Å². The number of amides is 5. The summed E-state index contributed by atoms with van der Waals surface area (Å²) in [5.74, 6) is -6.92. The summed E-state index contributed by atoms with van der Waals surface area (Å²) in [4.78, 5) is 92.5. The molecule has 0 spiro atoms. The van der Waals surface area contributed by atoms with E-state index in [9.17, 15) is 47.0 Å². The van der Waals surface area contributed by atoms with Gasteiger partial charge >= 0.3 is 18.1 Å². The molecule has 4 rings (SSSR count). The summed E-state index contributed by atoms with van der Waals surface area (Å²) in [6, 6.07) is 13.6. The quantitative estimate of drug-likeness (QED) is 0.0651. The van der Waals surface area contributed by atoms with Gasteiger partial charge in [-0.15, -0.1) is 0 Å². The Morgan fingerprint density at radius 2 is 1.43 bits per heavy atom. The maximum absolute atomic E-state index is 13.7. The lowest BCUT2D eigenvalue weighted by molar-refractivity contribution is -0.192. The number of halogens is 3. The number of guanidine groups is 1. The maximum Gasteiger partial charge on any atom is 0.490 e. The van der Waals surface area contributed by atoms with Crippen LogP contribution in [0.3, 0.4) is 0 Å². The van der Waals surface area contributed by atoms with Crippen LogP contribution >= 0.6 is 0 Å². The molecule has 2 heterocycles. The molecule has 0 aliphatic carbocycles. The van der Waals surface area contributed by atoms with Crippen molar-refractivity contribution in [2.75, 3.05) is 6.54 Å². The highest BCUT2D eigenvalue weighted by atomic mass is 19.4. The van der Waals surface area contributed by atoms with Gasteiger partial charge in [0.05, 0.1) is 12.8 Å². The molecule has 304 valence electrons. The standard InChI is InChI=1S/C34H44N8O7.C2HF3O2/c35-34(36)37-17-7-12-24(31(47)41-26(19-29(44)45)30(46)38-20-22-10-5-2-6-11-22)40-32(48)27-16-14-23-13-15-25(33(49)42(23)27)39-28(43)18-21-8-3-1-4-9-21;3-2(4,5)1(6)7/h1-6,8-11,23-27H,7,12-20H2,(H,38,46)(H,39,43)(H,40,48)(H,41,47)(H,44,45)(H4,35,36,37);(H,6,7)/t23-,24-,25?,26-,27-;/m0./s1. The summed E-state index contributed by atoms with van der Waals surface area (Å²) < 4.78 is 31.7. The lowest BCUT2D eigenvalue weighted by Gasteiger charge is -2.38. The normalized spacial score (nSPS) is 18.4. The van der Waals surface area contributed by atoms with Crippen LogP contribution in [-0.2, 0) is 46.5 Å². The number of hydrogen-bond donors (Lipinski definition) is 8. The lowest BCUT2D eigenvalue weighted by Crippen LogP contribution is -2.60. The van der Waals surface area contributed by atoms with Gasteiger partial charge in [0.15, 0.2) is 5.96 Å². The fraction of sp³-hybridized carbons (Fsp3) is 0.444. The number of carboxylic acids is 2. The molecule has 56 heavy (non-hydrogen) atoms. The highest BCUT2D eigenvalue weighted by Crippen LogP contribution is 2.33. The molecule has 2 fully saturated rings. The minimum atomic E-state index is -5.08. The van der Waals surface area contributed by atoms with Gasteiger partial charge in [-0.3, -0.25) is 33.8 Å². The van der Waals surface area contributed by atoms with Gasteiger partial charge in [-0.1, -0.05) is 60.7 Å². The molecule has 17 nitrogen and oxygen atoms in total. The molecular weight excluding hydrogens is 745 g/mol. The molecule has 2 aromatic rings. The minimum absolute atomic E-state index is 0.0576. The van der Waals surface area contributed by atoms with Crippen molar-refractivity contribution in [2.45, 2.75) is 94.3 Å². The fourth-order valence-electron chi connectivity index (χ4n) is 6.19. The third-order valence-corrected chi connectivity index (χ3v) is 8.83. The van der Waals surface area contributed by atoms with E-state index in [0.29, 0.717) is 25.7 Å². The number of carbonyl (C=O) groups is 7. The van der Waals surface area contributed by atoms with Crippen LogP contribution in [-0.4, -0.2) is 105 Å². The number of benzene rings is 2. The smallest absolute Gasteiger partial charge is 0.481 e. The van der Waals surface area contributed by atoms with E-state index >= 15 is 0 Å². The largest absolute Gasteiger partial charge is 0.490 e. The zero-order valence-electron chi connectivity index (χ0n) is 30.2. The second kappa shape index (κ2) is 21.0. The van der Waals surface area contributed by atoms with Crippen molar-refractivity contribution in [3.63, 3.8) is 0 Å². The Kier molecular flexibility index (Phi) is 16.6. The summed E-state index contributed by atoms with van der Waals surface area (Å²) in [6.07, 6.45) is -3.34. The number of carboxylic acid groups (broad SMARTS) is 2. The topological polar surface area (TPSA) is 276 Å². The predicted molar refractivity (Wildman–Crippen MR) is 193 cm³/mol. The first-order valence-electron chi connectivity index (χ1n) is 17.6. The third kappa shape index (κ3) is 14.2. The summed E-state index contributed by atoms with van der Waals surface area (Å²) in [7, 11) is 0. The van der Waals surface area contributed by atoms with Gasteiger partial charge in [-0.05, 0) is 49.7 Å². The van der Waals surface area contributed by atoms with Crippen LogP contribution in [0.5, 0.6) is 0 Å². The molecule has 20 heteroatoms. The molecule has 0 aromatic heterocycles. The molecule has 0 radical (unpaired) electrons. The van der Waals surface area contributed by atoms with E-state index in [-0.39, 0.29) is 56.2 Å². The zero-order valence-corrected chi connectivity index (χ0v) is 30.2. The Balaban J connectivity index is 0.00000109. The molecule has 2 saturated heterocycles. The van der Waals surface area contributed by atoms with E-state index in [1.807, 2.05) is 36.4 Å². The Labute approximate surface area is 319 Å². The molecular formula is C36H45F3N8O9. The first kappa shape index (κ1) is 44.2. The van der Waals surface area contributed by atoms with Crippen molar-refractivity contribution in [1.29, 1.82) is 0 Å². The Morgan fingerprint density at radius 3 is 2.00 bits per heavy atom. The highest BCUT2D eigenvalue weighted by Gasteiger charge is 2.47. The van der Waals surface area contributed by atoms with E-state index in [2.05, 4.69) is 26.3 Å². The Hall–Kier alpha value is -6.21. The van der Waals surface area contributed by atoms with E-state index in [0.717, 1.165) is 11.1 Å². The average molecular weight is 791 g/mol. The fourth-order valence-corrected chi connectivity index (χ4v) is 6.19. The summed E-state index contributed by atoms with van der Waals surface area (Å²) in [6.45, 7) is 0.267. The summed E-state index contributed by atoms with van der Waals surface area (Å²) in [5, 5.41) is 27.3. The van der Waals surface area contributed by atoms with Crippen LogP contribution in [0.25, 0.3) is 0 Å². The SMILES string of the molecule is NC(N)=NCCC[C@H](NC(=O)[C@@H]1CC[C@@H]2CCC(NC(=O)Cc3ccccc3)C(=O)N21)C(=O)N[C@@H](CC(=O)O)C(=O)NCc1ccccc1.O=C(O)C(F)(F)F. The molecule has 0 saturated carbocycles. The molecule has 0 bridgehead atoms. The van der Waals surface area contributed by atoms with Crippen molar-refractivity contribution in [3.8, 4) is 0 Å². The minimum Gasteiger partial charge on any atom is -0.481 e. The van der Waals surface area contributed by atoms with E-state index < -0.39 is 66.4 Å². The Bertz CT molecular complexity index is 1730. The molecule has 2 aliphatic heterocycles. The number of aliphatic imine (C=N–C) groups is 1. The number of nitrogens with zero attached hydrogens (tertiary/aromatic N) is 2. The number of fused-ring (bicyclic) bond motifs is 1. The number of piperidine rings is 1. The number of rotatable bonds is 16. The molecule has 5 amide bonds. The van der Waals surface area contributed by atoms with Crippen molar-refractivity contribution in [3.05, 3.63) is 71.8 Å². The van der Waals surface area contributed by atoms with Gasteiger partial charge in [0.25, 0.3) is 0 Å². The average Bonchev–Trinajstić information content (AvgIpc) is 3.58. The van der Waals surface area contributed by atoms with Crippen molar-refractivity contribution < 1.29 is 56.9 Å². The first-order valence-corrected chi connectivity index (χ1v) is 17.6. The summed E-state index contributed by atoms with van der Waals surface area (Å²) >= 11 is 0. The molecule has 10 N–H and O–H groups in total. The van der Waals surface area contributed by atoms with Gasteiger partial charge in [0.2, 0.25) is 29.5 Å². The number of nitrogens with one attached hydrogen (secondary N) is 4. The molecule has 2 aromatic carbocycles. The number of carbonyl (C=O) groups excluding carboxylic acids is 5. The first-order chi connectivity index (χ1) is 26.5. The molecule has 1 unspecified atom stereocenters. The zero-order chi connectivity index (χ0) is 41.4. The monoisotopic (exact) mass is 790 g/mol. The van der Waals surface area contributed by atoms with Crippen LogP contribution in [0.2, 0.25) is 0 Å². The van der Waals surface area contributed by atoms with Crippen LogP contribution in [0.1, 0.15) is 56.1 Å². The van der Waals surface area contributed by atoms with Gasteiger partial charge in [0.1, 0.15) is 24.2 Å². The number of alkyl halides is 3.